The number of nitrogens with one attached hydrogen (secondary N) is 2. The van der Waals surface area contributed by atoms with E-state index < -0.39 is 0 Å². The number of nitrogen functional groups attached to an aromatic ring is 1. The number of aliphatic hydroxyl groups is 1. The molecule has 1 aromatic rings. The van der Waals surface area contributed by atoms with Gasteiger partial charge in [0.1, 0.15) is 17.5 Å². The number of nitrogens with two attached hydrogens (primary N) is 1. The van der Waals surface area contributed by atoms with Gasteiger partial charge in [-0.25, -0.2) is 15.8 Å². The van der Waals surface area contributed by atoms with Crippen LogP contribution in [0.5, 0.6) is 0 Å². The molecule has 0 amide bonds. The highest BCUT2D eigenvalue weighted by Gasteiger charge is 2.02. The Labute approximate surface area is 108 Å². The van der Waals surface area contributed by atoms with Gasteiger partial charge in [0.2, 0.25) is 0 Å². The number of unbranched alkanes of at least 4 members (excludes halogenated alkanes) is 2. The molecule has 1 heterocycles. The van der Waals surface area contributed by atoms with Crippen molar-refractivity contribution in [1.82, 2.24) is 9.97 Å². The van der Waals surface area contributed by atoms with Gasteiger partial charge in [0, 0.05) is 25.6 Å². The zero-order valence-electron chi connectivity index (χ0n) is 10.9. The molecule has 18 heavy (non-hydrogen) atoms. The number of hydrazine groups is 1. The maximum absolute atomic E-state index is 8.68. The maximum atomic E-state index is 8.68. The van der Waals surface area contributed by atoms with Crippen LogP contribution in [-0.2, 0) is 6.42 Å². The molecule has 0 unspecified atom stereocenters. The van der Waals surface area contributed by atoms with Crippen LogP contribution in [0.25, 0.3) is 0 Å². The zero-order chi connectivity index (χ0) is 13.2. The molecule has 0 saturated carbocycles. The van der Waals surface area contributed by atoms with E-state index in [1.54, 1.807) is 6.07 Å². The standard InChI is InChI=1S/C12H23N5O/c1-2-6-10-15-11(9-12(16-10)17-13)14-7-4-3-5-8-18/h9,18H,2-8,13H2,1H3,(H2,14,15,16,17). The third-order valence-corrected chi connectivity index (χ3v) is 2.53. The summed E-state index contributed by atoms with van der Waals surface area (Å²) in [6.45, 7) is 3.19. The van der Waals surface area contributed by atoms with Crippen molar-refractivity contribution in [2.75, 3.05) is 23.9 Å². The van der Waals surface area contributed by atoms with Crippen LogP contribution < -0.4 is 16.6 Å². The molecule has 1 aromatic heterocycles. The summed E-state index contributed by atoms with van der Waals surface area (Å²) in [5, 5.41) is 11.9. The maximum Gasteiger partial charge on any atom is 0.145 e. The number of anilines is 2. The highest BCUT2D eigenvalue weighted by Crippen LogP contribution is 2.11. The SMILES string of the molecule is CCCc1nc(NN)cc(NCCCCCO)n1. The Balaban J connectivity index is 2.50. The minimum Gasteiger partial charge on any atom is -0.396 e. The molecule has 6 heteroatoms. The van der Waals surface area contributed by atoms with Crippen molar-refractivity contribution in [2.45, 2.75) is 39.0 Å². The number of aliphatic hydroxyl groups excluding tert-OH is 1. The van der Waals surface area contributed by atoms with Crippen LogP contribution in [0, 0.1) is 0 Å². The van der Waals surface area contributed by atoms with Gasteiger partial charge in [0.05, 0.1) is 0 Å². The fourth-order valence-corrected chi connectivity index (χ4v) is 1.63. The van der Waals surface area contributed by atoms with Gasteiger partial charge in [-0.15, -0.1) is 0 Å². The summed E-state index contributed by atoms with van der Waals surface area (Å²) in [5.74, 6) is 7.61. The lowest BCUT2D eigenvalue weighted by Gasteiger charge is -2.09. The van der Waals surface area contributed by atoms with Crippen LogP contribution in [0.3, 0.4) is 0 Å². The van der Waals surface area contributed by atoms with Crippen molar-refractivity contribution in [3.8, 4) is 0 Å². The molecule has 102 valence electrons. The fraction of sp³-hybridized carbons (Fsp3) is 0.667. The molecule has 0 radical (unpaired) electrons. The molecular weight excluding hydrogens is 230 g/mol. The topological polar surface area (TPSA) is 96.1 Å². The number of aromatic nitrogens is 2. The minimum atomic E-state index is 0.259. The van der Waals surface area contributed by atoms with Gasteiger partial charge < -0.3 is 15.8 Å². The van der Waals surface area contributed by atoms with E-state index >= 15 is 0 Å². The van der Waals surface area contributed by atoms with Crippen molar-refractivity contribution in [3.63, 3.8) is 0 Å². The Morgan fingerprint density at radius 3 is 2.67 bits per heavy atom. The monoisotopic (exact) mass is 253 g/mol. The number of hydrogen-bond acceptors (Lipinski definition) is 6. The lowest BCUT2D eigenvalue weighted by atomic mass is 10.2. The lowest BCUT2D eigenvalue weighted by molar-refractivity contribution is 0.283. The second-order valence-corrected chi connectivity index (χ2v) is 4.16. The first-order valence-electron chi connectivity index (χ1n) is 6.49. The van der Waals surface area contributed by atoms with E-state index in [0.29, 0.717) is 5.82 Å². The molecule has 0 aliphatic carbocycles. The second kappa shape index (κ2) is 8.66. The summed E-state index contributed by atoms with van der Waals surface area (Å²) in [7, 11) is 0. The number of aryl methyl sites for hydroxylation is 1. The predicted molar refractivity (Wildman–Crippen MR) is 73.3 cm³/mol. The summed E-state index contributed by atoms with van der Waals surface area (Å²) in [6.07, 6.45) is 4.72. The quantitative estimate of drug-likeness (QED) is 0.301. The third-order valence-electron chi connectivity index (χ3n) is 2.53. The highest BCUT2D eigenvalue weighted by atomic mass is 16.2. The molecule has 0 atom stereocenters. The molecule has 0 spiro atoms. The van der Waals surface area contributed by atoms with E-state index in [1.165, 1.54) is 0 Å². The van der Waals surface area contributed by atoms with Crippen LogP contribution in [0.15, 0.2) is 6.07 Å². The summed E-state index contributed by atoms with van der Waals surface area (Å²) >= 11 is 0. The van der Waals surface area contributed by atoms with Gasteiger partial charge in [-0.2, -0.15) is 0 Å². The first kappa shape index (κ1) is 14.7. The average molecular weight is 253 g/mol. The molecule has 6 nitrogen and oxygen atoms in total. The summed E-state index contributed by atoms with van der Waals surface area (Å²) in [5.41, 5.74) is 2.55. The van der Waals surface area contributed by atoms with Crippen molar-refractivity contribution < 1.29 is 5.11 Å². The Morgan fingerprint density at radius 1 is 1.22 bits per heavy atom. The number of hydrogen-bond donors (Lipinski definition) is 4. The van der Waals surface area contributed by atoms with E-state index in [0.717, 1.165) is 50.3 Å². The van der Waals surface area contributed by atoms with Gasteiger partial charge in [0.15, 0.2) is 0 Å². The Morgan fingerprint density at radius 2 is 2.00 bits per heavy atom. The van der Waals surface area contributed by atoms with E-state index in [2.05, 4.69) is 27.6 Å². The highest BCUT2D eigenvalue weighted by molar-refractivity contribution is 5.46. The second-order valence-electron chi connectivity index (χ2n) is 4.16. The van der Waals surface area contributed by atoms with Crippen LogP contribution in [0.2, 0.25) is 0 Å². The zero-order valence-corrected chi connectivity index (χ0v) is 10.9. The molecule has 5 N–H and O–H groups in total. The Kier molecular flexibility index (Phi) is 7.05. The number of nitrogens with zero attached hydrogens (tertiary/aromatic N) is 2. The molecular formula is C12H23N5O. The van der Waals surface area contributed by atoms with E-state index in [1.807, 2.05) is 0 Å². The molecule has 1 rings (SSSR count). The van der Waals surface area contributed by atoms with Crippen molar-refractivity contribution in [1.29, 1.82) is 0 Å². The lowest BCUT2D eigenvalue weighted by Crippen LogP contribution is -2.12. The molecule has 0 fully saturated rings. The van der Waals surface area contributed by atoms with Crippen LogP contribution >= 0.6 is 0 Å². The van der Waals surface area contributed by atoms with E-state index in [4.69, 9.17) is 10.9 Å². The summed E-state index contributed by atoms with van der Waals surface area (Å²) < 4.78 is 0. The van der Waals surface area contributed by atoms with Crippen LogP contribution in [0.1, 0.15) is 38.4 Å². The number of rotatable bonds is 9. The Bertz CT molecular complexity index is 345. The normalized spacial score (nSPS) is 10.4. The smallest absolute Gasteiger partial charge is 0.145 e. The van der Waals surface area contributed by atoms with Gasteiger partial charge in [-0.1, -0.05) is 6.92 Å². The largest absolute Gasteiger partial charge is 0.396 e. The van der Waals surface area contributed by atoms with Crippen molar-refractivity contribution in [3.05, 3.63) is 11.9 Å². The van der Waals surface area contributed by atoms with Gasteiger partial charge >= 0.3 is 0 Å². The van der Waals surface area contributed by atoms with Gasteiger partial charge in [-0.05, 0) is 25.7 Å². The summed E-state index contributed by atoms with van der Waals surface area (Å²) in [6, 6.07) is 1.80. The summed E-state index contributed by atoms with van der Waals surface area (Å²) in [4.78, 5) is 8.70. The molecule has 0 saturated heterocycles. The minimum absolute atomic E-state index is 0.259. The predicted octanol–water partition coefficient (Wildman–Crippen LogP) is 1.29. The Hall–Kier alpha value is -1.40. The van der Waals surface area contributed by atoms with Crippen LogP contribution in [-0.4, -0.2) is 28.2 Å². The van der Waals surface area contributed by atoms with E-state index in [-0.39, 0.29) is 6.61 Å². The average Bonchev–Trinajstić information content (AvgIpc) is 2.38. The van der Waals surface area contributed by atoms with Gasteiger partial charge in [0.25, 0.3) is 0 Å². The molecule has 0 aliphatic rings. The molecule has 0 bridgehead atoms. The van der Waals surface area contributed by atoms with Gasteiger partial charge in [-0.3, -0.25) is 0 Å². The molecule has 0 aliphatic heterocycles. The fourth-order valence-electron chi connectivity index (χ4n) is 1.63. The third kappa shape index (κ3) is 5.29. The van der Waals surface area contributed by atoms with Crippen molar-refractivity contribution in [2.24, 2.45) is 5.84 Å². The van der Waals surface area contributed by atoms with Crippen LogP contribution in [0.4, 0.5) is 11.6 Å². The van der Waals surface area contributed by atoms with E-state index in [9.17, 15) is 0 Å². The molecule has 0 aromatic carbocycles. The first-order valence-corrected chi connectivity index (χ1v) is 6.49. The van der Waals surface area contributed by atoms with Crippen molar-refractivity contribution >= 4 is 11.6 Å². The first-order chi connectivity index (χ1) is 8.80.